The standard InChI is InChI=1S/C19H22N2OS/c1-3-15-6-4-5-7-17(15)20-19(22)21-12-13-23-18(21)16-10-8-14(2)9-11-16/h4-11,18H,3,12-13H2,1-2H3,(H,20,22). The van der Waals surface area contributed by atoms with Gasteiger partial charge in [0, 0.05) is 18.0 Å². The molecule has 0 radical (unpaired) electrons. The minimum Gasteiger partial charge on any atom is -0.308 e. The third-order valence-corrected chi connectivity index (χ3v) is 5.41. The lowest BCUT2D eigenvalue weighted by atomic mass is 10.1. The van der Waals surface area contributed by atoms with Crippen LogP contribution in [0.25, 0.3) is 0 Å². The Balaban J connectivity index is 1.77. The fourth-order valence-electron chi connectivity index (χ4n) is 2.82. The Bertz CT molecular complexity index is 684. The average Bonchev–Trinajstić information content (AvgIpc) is 3.06. The summed E-state index contributed by atoms with van der Waals surface area (Å²) in [6.45, 7) is 4.97. The smallest absolute Gasteiger partial charge is 0.308 e. The van der Waals surface area contributed by atoms with Gasteiger partial charge in [-0.3, -0.25) is 0 Å². The Hall–Kier alpha value is -1.94. The van der Waals surface area contributed by atoms with Crippen LogP contribution < -0.4 is 5.32 Å². The molecule has 2 aromatic rings. The van der Waals surface area contributed by atoms with Gasteiger partial charge in [-0.25, -0.2) is 4.79 Å². The van der Waals surface area contributed by atoms with Crippen molar-refractivity contribution >= 4 is 23.5 Å². The van der Waals surface area contributed by atoms with Crippen molar-refractivity contribution in [2.24, 2.45) is 0 Å². The second-order valence-electron chi connectivity index (χ2n) is 5.77. The summed E-state index contributed by atoms with van der Waals surface area (Å²) in [5, 5.41) is 3.19. The molecule has 0 aliphatic carbocycles. The van der Waals surface area contributed by atoms with Crippen LogP contribution in [0.2, 0.25) is 0 Å². The first kappa shape index (κ1) is 15.9. The van der Waals surface area contributed by atoms with E-state index in [9.17, 15) is 4.79 Å². The van der Waals surface area contributed by atoms with E-state index >= 15 is 0 Å². The predicted octanol–water partition coefficient (Wildman–Crippen LogP) is 4.84. The molecule has 1 saturated heterocycles. The third kappa shape index (κ3) is 3.53. The van der Waals surface area contributed by atoms with Crippen LogP contribution in [-0.2, 0) is 6.42 Å². The topological polar surface area (TPSA) is 32.3 Å². The van der Waals surface area contributed by atoms with E-state index in [1.165, 1.54) is 16.7 Å². The Kier molecular flexibility index (Phi) is 4.91. The summed E-state index contributed by atoms with van der Waals surface area (Å²) < 4.78 is 0. The van der Waals surface area contributed by atoms with Crippen molar-refractivity contribution in [3.8, 4) is 0 Å². The van der Waals surface area contributed by atoms with Gasteiger partial charge in [0.2, 0.25) is 0 Å². The van der Waals surface area contributed by atoms with Gasteiger partial charge in [-0.1, -0.05) is 55.0 Å². The van der Waals surface area contributed by atoms with Crippen LogP contribution in [0.1, 0.15) is 29.0 Å². The molecular weight excluding hydrogens is 304 g/mol. The minimum atomic E-state index is -0.0125. The Labute approximate surface area is 142 Å². The summed E-state index contributed by atoms with van der Waals surface area (Å²) in [6.07, 6.45) is 0.909. The number of amides is 2. The summed E-state index contributed by atoms with van der Waals surface area (Å²) in [6, 6.07) is 16.5. The van der Waals surface area contributed by atoms with E-state index in [1.807, 2.05) is 34.9 Å². The number of para-hydroxylation sites is 1. The molecule has 0 spiro atoms. The molecule has 0 saturated carbocycles. The van der Waals surface area contributed by atoms with E-state index in [1.54, 1.807) is 0 Å². The molecule has 2 aromatic carbocycles. The number of carbonyl (C=O) groups excluding carboxylic acids is 1. The Morgan fingerprint density at radius 2 is 1.96 bits per heavy atom. The lowest BCUT2D eigenvalue weighted by Crippen LogP contribution is -2.34. The van der Waals surface area contributed by atoms with E-state index in [0.717, 1.165) is 24.4 Å². The van der Waals surface area contributed by atoms with Gasteiger partial charge in [0.15, 0.2) is 0 Å². The van der Waals surface area contributed by atoms with Crippen molar-refractivity contribution in [2.75, 3.05) is 17.6 Å². The van der Waals surface area contributed by atoms with Gasteiger partial charge in [-0.15, -0.1) is 11.8 Å². The third-order valence-electron chi connectivity index (χ3n) is 4.15. The summed E-state index contributed by atoms with van der Waals surface area (Å²) in [5.74, 6) is 0.974. The van der Waals surface area contributed by atoms with Crippen molar-refractivity contribution in [1.29, 1.82) is 0 Å². The van der Waals surface area contributed by atoms with Gasteiger partial charge in [0.1, 0.15) is 5.37 Å². The molecule has 3 rings (SSSR count). The SMILES string of the molecule is CCc1ccccc1NC(=O)N1CCSC1c1ccc(C)cc1. The summed E-state index contributed by atoms with van der Waals surface area (Å²) in [7, 11) is 0. The largest absolute Gasteiger partial charge is 0.323 e. The second kappa shape index (κ2) is 7.09. The molecule has 1 unspecified atom stereocenters. The molecule has 2 amide bonds. The van der Waals surface area contributed by atoms with Crippen LogP contribution in [0.3, 0.4) is 0 Å². The highest BCUT2D eigenvalue weighted by Crippen LogP contribution is 2.38. The minimum absolute atomic E-state index is 0.0125. The van der Waals surface area contributed by atoms with Crippen LogP contribution >= 0.6 is 11.8 Å². The molecule has 1 aliphatic heterocycles. The first-order valence-electron chi connectivity index (χ1n) is 8.02. The number of anilines is 1. The lowest BCUT2D eigenvalue weighted by molar-refractivity contribution is 0.214. The fraction of sp³-hybridized carbons (Fsp3) is 0.316. The number of benzene rings is 2. The zero-order chi connectivity index (χ0) is 16.2. The number of rotatable bonds is 3. The maximum absolute atomic E-state index is 12.7. The highest BCUT2D eigenvalue weighted by molar-refractivity contribution is 7.99. The zero-order valence-corrected chi connectivity index (χ0v) is 14.4. The molecule has 4 heteroatoms. The molecule has 3 nitrogen and oxygen atoms in total. The molecule has 23 heavy (non-hydrogen) atoms. The molecule has 1 fully saturated rings. The molecule has 1 heterocycles. The molecular formula is C19H22N2OS. The van der Waals surface area contributed by atoms with E-state index < -0.39 is 0 Å². The van der Waals surface area contributed by atoms with Crippen molar-refractivity contribution in [3.63, 3.8) is 0 Å². The predicted molar refractivity (Wildman–Crippen MR) is 97.9 cm³/mol. The van der Waals surface area contributed by atoms with E-state index in [2.05, 4.69) is 49.5 Å². The second-order valence-corrected chi connectivity index (χ2v) is 6.96. The van der Waals surface area contributed by atoms with Crippen LogP contribution in [0.4, 0.5) is 10.5 Å². The maximum Gasteiger partial charge on any atom is 0.323 e. The summed E-state index contributed by atoms with van der Waals surface area (Å²) in [4.78, 5) is 14.7. The van der Waals surface area contributed by atoms with Gasteiger partial charge in [-0.2, -0.15) is 0 Å². The van der Waals surface area contributed by atoms with E-state index in [-0.39, 0.29) is 11.4 Å². The molecule has 1 atom stereocenters. The van der Waals surface area contributed by atoms with Crippen molar-refractivity contribution in [1.82, 2.24) is 4.90 Å². The van der Waals surface area contributed by atoms with Crippen molar-refractivity contribution in [3.05, 3.63) is 65.2 Å². The summed E-state index contributed by atoms with van der Waals surface area (Å²) in [5.41, 5.74) is 4.51. The number of hydrogen-bond acceptors (Lipinski definition) is 2. The number of nitrogens with zero attached hydrogens (tertiary/aromatic N) is 1. The lowest BCUT2D eigenvalue weighted by Gasteiger charge is -2.25. The van der Waals surface area contributed by atoms with Gasteiger partial charge in [0.25, 0.3) is 0 Å². The van der Waals surface area contributed by atoms with Gasteiger partial charge >= 0.3 is 6.03 Å². The normalized spacial score (nSPS) is 17.3. The van der Waals surface area contributed by atoms with Crippen molar-refractivity contribution in [2.45, 2.75) is 25.6 Å². The summed E-state index contributed by atoms with van der Waals surface area (Å²) >= 11 is 1.82. The van der Waals surface area contributed by atoms with Gasteiger partial charge in [0.05, 0.1) is 0 Å². The molecule has 120 valence electrons. The average molecular weight is 326 g/mol. The van der Waals surface area contributed by atoms with Gasteiger partial charge in [-0.05, 0) is 30.5 Å². The maximum atomic E-state index is 12.7. The monoisotopic (exact) mass is 326 g/mol. The van der Waals surface area contributed by atoms with E-state index in [4.69, 9.17) is 0 Å². The van der Waals surface area contributed by atoms with E-state index in [0.29, 0.717) is 0 Å². The molecule has 1 aliphatic rings. The Morgan fingerprint density at radius 3 is 2.70 bits per heavy atom. The number of aryl methyl sites for hydroxylation is 2. The number of carbonyl (C=O) groups is 1. The highest BCUT2D eigenvalue weighted by Gasteiger charge is 2.30. The number of nitrogens with one attached hydrogen (secondary N) is 1. The molecule has 1 N–H and O–H groups in total. The zero-order valence-electron chi connectivity index (χ0n) is 13.6. The fourth-order valence-corrected chi connectivity index (χ4v) is 4.08. The Morgan fingerprint density at radius 1 is 1.22 bits per heavy atom. The van der Waals surface area contributed by atoms with Crippen LogP contribution in [0.5, 0.6) is 0 Å². The molecule has 0 bridgehead atoms. The number of thioether (sulfide) groups is 1. The van der Waals surface area contributed by atoms with Crippen LogP contribution in [0.15, 0.2) is 48.5 Å². The molecule has 0 aromatic heterocycles. The first-order chi connectivity index (χ1) is 11.2. The van der Waals surface area contributed by atoms with Crippen LogP contribution in [0, 0.1) is 6.92 Å². The quantitative estimate of drug-likeness (QED) is 0.875. The number of hydrogen-bond donors (Lipinski definition) is 1. The highest BCUT2D eigenvalue weighted by atomic mass is 32.2. The first-order valence-corrected chi connectivity index (χ1v) is 9.07. The van der Waals surface area contributed by atoms with Crippen molar-refractivity contribution < 1.29 is 4.79 Å². The van der Waals surface area contributed by atoms with Crippen LogP contribution in [-0.4, -0.2) is 23.2 Å². The van der Waals surface area contributed by atoms with Gasteiger partial charge < -0.3 is 10.2 Å². The number of urea groups is 1.